The zero-order valence-corrected chi connectivity index (χ0v) is 12.6. The number of ether oxygens (including phenoxy) is 1. The van der Waals surface area contributed by atoms with E-state index < -0.39 is 17.8 Å². The van der Waals surface area contributed by atoms with Crippen LogP contribution in [0.15, 0.2) is 42.5 Å². The van der Waals surface area contributed by atoms with Gasteiger partial charge in [-0.1, -0.05) is 35.3 Å². The number of halogens is 3. The van der Waals surface area contributed by atoms with Crippen molar-refractivity contribution in [3.8, 4) is 5.75 Å². The van der Waals surface area contributed by atoms with Crippen molar-refractivity contribution in [2.45, 2.75) is 13.0 Å². The van der Waals surface area contributed by atoms with E-state index in [1.54, 1.807) is 24.3 Å². The monoisotopic (exact) mass is 327 g/mol. The van der Waals surface area contributed by atoms with Gasteiger partial charge < -0.3 is 10.1 Å². The van der Waals surface area contributed by atoms with E-state index in [0.717, 1.165) is 0 Å². The molecule has 0 fully saturated rings. The van der Waals surface area contributed by atoms with Crippen LogP contribution in [0.4, 0.5) is 10.1 Å². The van der Waals surface area contributed by atoms with Crippen molar-refractivity contribution in [1.29, 1.82) is 0 Å². The molecule has 2 aromatic rings. The summed E-state index contributed by atoms with van der Waals surface area (Å²) in [4.78, 5) is 12.0. The molecule has 0 spiro atoms. The summed E-state index contributed by atoms with van der Waals surface area (Å²) < 4.78 is 18.7. The van der Waals surface area contributed by atoms with E-state index in [1.165, 1.54) is 25.1 Å². The number of carbonyl (C=O) groups is 1. The Bertz CT molecular complexity index is 664. The van der Waals surface area contributed by atoms with Gasteiger partial charge in [-0.05, 0) is 37.3 Å². The molecular weight excluding hydrogens is 316 g/mol. The normalized spacial score (nSPS) is 11.8. The highest BCUT2D eigenvalue weighted by Crippen LogP contribution is 2.26. The van der Waals surface area contributed by atoms with Crippen molar-refractivity contribution in [2.75, 3.05) is 5.32 Å². The van der Waals surface area contributed by atoms with Crippen molar-refractivity contribution < 1.29 is 13.9 Å². The van der Waals surface area contributed by atoms with Gasteiger partial charge >= 0.3 is 0 Å². The number of nitrogens with one attached hydrogen (secondary N) is 1. The van der Waals surface area contributed by atoms with Crippen molar-refractivity contribution in [3.63, 3.8) is 0 Å². The zero-order chi connectivity index (χ0) is 15.4. The zero-order valence-electron chi connectivity index (χ0n) is 11.1. The minimum atomic E-state index is -0.892. The molecule has 1 N–H and O–H groups in total. The molecule has 3 nitrogen and oxygen atoms in total. The molecule has 21 heavy (non-hydrogen) atoms. The average Bonchev–Trinajstić information content (AvgIpc) is 2.45. The number of para-hydroxylation sites is 1. The second-order valence-corrected chi connectivity index (χ2v) is 5.15. The van der Waals surface area contributed by atoms with Gasteiger partial charge in [-0.3, -0.25) is 4.79 Å². The number of hydrogen-bond donors (Lipinski definition) is 1. The number of benzene rings is 2. The molecule has 0 bridgehead atoms. The standard InChI is InChI=1S/C15H12Cl2FNO2/c1-9(21-14-5-3-2-4-12(14)18)15(20)19-13-8-10(16)6-7-11(13)17/h2-9H,1H3,(H,19,20). The van der Waals surface area contributed by atoms with Gasteiger partial charge in [-0.2, -0.15) is 0 Å². The van der Waals surface area contributed by atoms with E-state index in [2.05, 4.69) is 5.32 Å². The number of rotatable bonds is 4. The van der Waals surface area contributed by atoms with Gasteiger partial charge in [0.25, 0.3) is 5.91 Å². The van der Waals surface area contributed by atoms with Crippen molar-refractivity contribution in [1.82, 2.24) is 0 Å². The predicted molar refractivity (Wildman–Crippen MR) is 81.6 cm³/mol. The minimum absolute atomic E-state index is 0.0114. The molecule has 0 aliphatic rings. The van der Waals surface area contributed by atoms with Gasteiger partial charge in [0.2, 0.25) is 0 Å². The van der Waals surface area contributed by atoms with Gasteiger partial charge in [0.05, 0.1) is 10.7 Å². The Kier molecular flexibility index (Phi) is 5.04. The van der Waals surface area contributed by atoms with Gasteiger partial charge in [0.15, 0.2) is 17.7 Å². The Morgan fingerprint density at radius 2 is 1.95 bits per heavy atom. The fourth-order valence-electron chi connectivity index (χ4n) is 1.61. The first-order chi connectivity index (χ1) is 9.97. The lowest BCUT2D eigenvalue weighted by molar-refractivity contribution is -0.122. The Labute approximate surface area is 131 Å². The highest BCUT2D eigenvalue weighted by atomic mass is 35.5. The molecule has 0 radical (unpaired) electrons. The summed E-state index contributed by atoms with van der Waals surface area (Å²) in [7, 11) is 0. The van der Waals surface area contributed by atoms with Gasteiger partial charge in [-0.15, -0.1) is 0 Å². The van der Waals surface area contributed by atoms with E-state index in [0.29, 0.717) is 15.7 Å². The molecule has 1 unspecified atom stereocenters. The van der Waals surface area contributed by atoms with E-state index in [9.17, 15) is 9.18 Å². The Morgan fingerprint density at radius 3 is 2.67 bits per heavy atom. The first kappa shape index (κ1) is 15.6. The first-order valence-electron chi connectivity index (χ1n) is 6.14. The molecule has 6 heteroatoms. The van der Waals surface area contributed by atoms with Crippen LogP contribution in [-0.2, 0) is 4.79 Å². The maximum Gasteiger partial charge on any atom is 0.265 e. The topological polar surface area (TPSA) is 38.3 Å². The van der Waals surface area contributed by atoms with Crippen LogP contribution in [0.1, 0.15) is 6.92 Å². The molecule has 0 aliphatic heterocycles. The van der Waals surface area contributed by atoms with E-state index in [1.807, 2.05) is 0 Å². The quantitative estimate of drug-likeness (QED) is 0.895. The molecule has 2 aromatic carbocycles. The summed E-state index contributed by atoms with van der Waals surface area (Å²) in [5, 5.41) is 3.38. The summed E-state index contributed by atoms with van der Waals surface area (Å²) in [5.41, 5.74) is 0.373. The minimum Gasteiger partial charge on any atom is -0.478 e. The van der Waals surface area contributed by atoms with Gasteiger partial charge in [0.1, 0.15) is 0 Å². The summed E-state index contributed by atoms with van der Waals surface area (Å²) in [6.45, 7) is 1.51. The maximum atomic E-state index is 13.5. The number of amides is 1. The van der Waals surface area contributed by atoms with Gasteiger partial charge in [0, 0.05) is 5.02 Å². The first-order valence-corrected chi connectivity index (χ1v) is 6.90. The summed E-state index contributed by atoms with van der Waals surface area (Å²) >= 11 is 11.8. The summed E-state index contributed by atoms with van der Waals surface area (Å²) in [6.07, 6.45) is -0.892. The van der Waals surface area contributed by atoms with Crippen molar-refractivity contribution in [3.05, 3.63) is 58.3 Å². The van der Waals surface area contributed by atoms with E-state index in [4.69, 9.17) is 27.9 Å². The molecule has 0 saturated heterocycles. The molecule has 0 saturated carbocycles. The average molecular weight is 328 g/mol. The van der Waals surface area contributed by atoms with Crippen LogP contribution in [0, 0.1) is 5.82 Å². The van der Waals surface area contributed by atoms with Crippen molar-refractivity contribution >= 4 is 34.8 Å². The Balaban J connectivity index is 2.06. The fraction of sp³-hybridized carbons (Fsp3) is 0.133. The molecule has 1 atom stereocenters. The summed E-state index contributed by atoms with van der Waals surface area (Å²) in [6, 6.07) is 10.6. The number of anilines is 1. The fourth-order valence-corrected chi connectivity index (χ4v) is 1.95. The van der Waals surface area contributed by atoms with Crippen LogP contribution >= 0.6 is 23.2 Å². The number of hydrogen-bond acceptors (Lipinski definition) is 2. The van der Waals surface area contributed by atoms with Gasteiger partial charge in [-0.25, -0.2) is 4.39 Å². The molecule has 0 aromatic heterocycles. The lowest BCUT2D eigenvalue weighted by Gasteiger charge is -2.15. The largest absolute Gasteiger partial charge is 0.478 e. The summed E-state index contributed by atoms with van der Waals surface area (Å²) in [5.74, 6) is -0.974. The Hall–Kier alpha value is -1.78. The molecule has 0 heterocycles. The SMILES string of the molecule is CC(Oc1ccccc1F)C(=O)Nc1cc(Cl)ccc1Cl. The second-order valence-electron chi connectivity index (χ2n) is 4.30. The highest BCUT2D eigenvalue weighted by Gasteiger charge is 2.17. The van der Waals surface area contributed by atoms with Crippen LogP contribution in [-0.4, -0.2) is 12.0 Å². The Morgan fingerprint density at radius 1 is 1.24 bits per heavy atom. The lowest BCUT2D eigenvalue weighted by atomic mass is 10.3. The van der Waals surface area contributed by atoms with Crippen LogP contribution in [0.3, 0.4) is 0 Å². The lowest BCUT2D eigenvalue weighted by Crippen LogP contribution is -2.30. The highest BCUT2D eigenvalue weighted by molar-refractivity contribution is 6.35. The molecule has 0 aliphatic carbocycles. The van der Waals surface area contributed by atoms with Crippen LogP contribution < -0.4 is 10.1 Å². The molecule has 2 rings (SSSR count). The third-order valence-corrected chi connectivity index (χ3v) is 3.26. The smallest absolute Gasteiger partial charge is 0.265 e. The predicted octanol–water partition coefficient (Wildman–Crippen LogP) is 4.54. The maximum absolute atomic E-state index is 13.5. The molecule has 1 amide bonds. The van der Waals surface area contributed by atoms with Crippen LogP contribution in [0.2, 0.25) is 10.0 Å². The van der Waals surface area contributed by atoms with E-state index >= 15 is 0 Å². The van der Waals surface area contributed by atoms with Crippen molar-refractivity contribution in [2.24, 2.45) is 0 Å². The second kappa shape index (κ2) is 6.78. The molecule has 110 valence electrons. The number of carbonyl (C=O) groups excluding carboxylic acids is 1. The van der Waals surface area contributed by atoms with E-state index in [-0.39, 0.29) is 5.75 Å². The third kappa shape index (κ3) is 4.09. The molecular formula is C15H12Cl2FNO2. The van der Waals surface area contributed by atoms with Crippen LogP contribution in [0.25, 0.3) is 0 Å². The van der Waals surface area contributed by atoms with Crippen LogP contribution in [0.5, 0.6) is 5.75 Å². The third-order valence-electron chi connectivity index (χ3n) is 2.70.